The summed E-state index contributed by atoms with van der Waals surface area (Å²) in [6.45, 7) is 6.19. The lowest BCUT2D eigenvalue weighted by molar-refractivity contribution is 0.196. The van der Waals surface area contributed by atoms with Crippen molar-refractivity contribution < 1.29 is 5.11 Å². The third-order valence-electron chi connectivity index (χ3n) is 2.89. The van der Waals surface area contributed by atoms with Gasteiger partial charge < -0.3 is 9.67 Å². The van der Waals surface area contributed by atoms with Crippen LogP contribution in [0.2, 0.25) is 0 Å². The Labute approximate surface area is 96.5 Å². The monoisotopic (exact) mass is 217 g/mol. The predicted molar refractivity (Wildman–Crippen MR) is 67.7 cm³/mol. The minimum Gasteiger partial charge on any atom is -0.393 e. The van der Waals surface area contributed by atoms with E-state index in [0.717, 1.165) is 6.42 Å². The summed E-state index contributed by atoms with van der Waals surface area (Å²) in [5.41, 5.74) is 2.49. The molecule has 0 saturated heterocycles. The van der Waals surface area contributed by atoms with Gasteiger partial charge >= 0.3 is 0 Å². The van der Waals surface area contributed by atoms with Crippen molar-refractivity contribution in [2.24, 2.45) is 0 Å². The first-order valence-corrected chi connectivity index (χ1v) is 5.86. The van der Waals surface area contributed by atoms with E-state index in [0.29, 0.717) is 6.04 Å². The Morgan fingerprint density at radius 3 is 2.50 bits per heavy atom. The van der Waals surface area contributed by atoms with Crippen molar-refractivity contribution in [3.05, 3.63) is 36.0 Å². The molecule has 1 atom stereocenters. The number of rotatable bonds is 3. The number of aliphatic hydroxyl groups is 1. The van der Waals surface area contributed by atoms with Crippen LogP contribution < -0.4 is 0 Å². The van der Waals surface area contributed by atoms with Crippen LogP contribution in [0.4, 0.5) is 0 Å². The molecule has 2 rings (SSSR count). The second-order valence-electron chi connectivity index (χ2n) is 4.73. The molecule has 0 bridgehead atoms. The highest BCUT2D eigenvalue weighted by atomic mass is 16.3. The van der Waals surface area contributed by atoms with Gasteiger partial charge in [-0.15, -0.1) is 0 Å². The molecule has 0 aliphatic carbocycles. The van der Waals surface area contributed by atoms with E-state index < -0.39 is 0 Å². The number of para-hydroxylation sites is 1. The van der Waals surface area contributed by atoms with Crippen molar-refractivity contribution in [2.45, 2.75) is 39.3 Å². The number of aromatic nitrogens is 1. The van der Waals surface area contributed by atoms with E-state index in [4.69, 9.17) is 0 Å². The van der Waals surface area contributed by atoms with E-state index in [2.05, 4.69) is 48.9 Å². The van der Waals surface area contributed by atoms with Crippen LogP contribution in [0.15, 0.2) is 30.5 Å². The largest absolute Gasteiger partial charge is 0.393 e. The van der Waals surface area contributed by atoms with Crippen molar-refractivity contribution >= 4 is 10.9 Å². The van der Waals surface area contributed by atoms with Crippen LogP contribution in [0.25, 0.3) is 10.9 Å². The van der Waals surface area contributed by atoms with Crippen molar-refractivity contribution in [2.75, 3.05) is 0 Å². The Morgan fingerprint density at radius 2 is 1.88 bits per heavy atom. The molecule has 1 aromatic heterocycles. The van der Waals surface area contributed by atoms with Crippen LogP contribution in [-0.2, 0) is 6.42 Å². The van der Waals surface area contributed by atoms with Gasteiger partial charge in [0.2, 0.25) is 0 Å². The minimum absolute atomic E-state index is 0.286. The normalized spacial score (nSPS) is 13.6. The Kier molecular flexibility index (Phi) is 3.01. The number of benzene rings is 1. The fraction of sp³-hybridized carbons (Fsp3) is 0.429. The smallest absolute Gasteiger partial charge is 0.0553 e. The highest BCUT2D eigenvalue weighted by molar-refractivity contribution is 5.84. The molecule has 1 unspecified atom stereocenters. The van der Waals surface area contributed by atoms with Gasteiger partial charge in [-0.1, -0.05) is 18.2 Å². The first-order chi connectivity index (χ1) is 7.59. The molecule has 0 aliphatic rings. The highest BCUT2D eigenvalue weighted by Gasteiger charge is 2.11. The molecule has 86 valence electrons. The molecule has 16 heavy (non-hydrogen) atoms. The van der Waals surface area contributed by atoms with E-state index >= 15 is 0 Å². The predicted octanol–water partition coefficient (Wildman–Crippen LogP) is 3.15. The number of fused-ring (bicyclic) bond motifs is 1. The summed E-state index contributed by atoms with van der Waals surface area (Å²) in [4.78, 5) is 0. The number of aliphatic hydroxyl groups excluding tert-OH is 1. The molecule has 0 spiro atoms. The van der Waals surface area contributed by atoms with Gasteiger partial charge in [0, 0.05) is 29.6 Å². The molecule has 1 N–H and O–H groups in total. The van der Waals surface area contributed by atoms with Crippen LogP contribution in [0.5, 0.6) is 0 Å². The lowest BCUT2D eigenvalue weighted by Gasteiger charge is -2.08. The van der Waals surface area contributed by atoms with E-state index in [1.54, 1.807) is 0 Å². The Balaban J connectivity index is 2.57. The summed E-state index contributed by atoms with van der Waals surface area (Å²) < 4.78 is 2.27. The maximum Gasteiger partial charge on any atom is 0.0553 e. The van der Waals surface area contributed by atoms with Crippen molar-refractivity contribution in [1.82, 2.24) is 4.57 Å². The summed E-state index contributed by atoms with van der Waals surface area (Å²) in [7, 11) is 0. The molecule has 2 heteroatoms. The average molecular weight is 217 g/mol. The van der Waals surface area contributed by atoms with Gasteiger partial charge in [0.15, 0.2) is 0 Å². The van der Waals surface area contributed by atoms with Crippen LogP contribution in [-0.4, -0.2) is 15.8 Å². The standard InChI is InChI=1S/C14H19NO/c1-10(2)15-9-12(8-11(3)16)13-6-4-5-7-14(13)15/h4-7,9-11,16H,8H2,1-3H3. The number of hydrogen-bond acceptors (Lipinski definition) is 1. The van der Waals surface area contributed by atoms with Gasteiger partial charge in [-0.25, -0.2) is 0 Å². The topological polar surface area (TPSA) is 25.2 Å². The molecule has 0 fully saturated rings. The Hall–Kier alpha value is -1.28. The third kappa shape index (κ3) is 1.98. The van der Waals surface area contributed by atoms with Crippen molar-refractivity contribution in [1.29, 1.82) is 0 Å². The maximum atomic E-state index is 9.50. The summed E-state index contributed by atoms with van der Waals surface area (Å²) in [6.07, 6.45) is 2.61. The van der Waals surface area contributed by atoms with Gasteiger partial charge in [0.1, 0.15) is 0 Å². The second-order valence-corrected chi connectivity index (χ2v) is 4.73. The number of nitrogens with zero attached hydrogens (tertiary/aromatic N) is 1. The summed E-state index contributed by atoms with van der Waals surface area (Å²) in [5.74, 6) is 0. The summed E-state index contributed by atoms with van der Waals surface area (Å²) >= 11 is 0. The number of hydrogen-bond donors (Lipinski definition) is 1. The Bertz CT molecular complexity index is 482. The molecule has 2 aromatic rings. The fourth-order valence-corrected chi connectivity index (χ4v) is 2.19. The Morgan fingerprint density at radius 1 is 1.19 bits per heavy atom. The first kappa shape index (κ1) is 11.2. The van der Waals surface area contributed by atoms with E-state index in [9.17, 15) is 5.11 Å². The van der Waals surface area contributed by atoms with Gasteiger partial charge in [-0.3, -0.25) is 0 Å². The molecule has 0 aliphatic heterocycles. The molecule has 1 aromatic carbocycles. The molecule has 2 nitrogen and oxygen atoms in total. The van der Waals surface area contributed by atoms with Gasteiger partial charge in [0.05, 0.1) is 6.10 Å². The quantitative estimate of drug-likeness (QED) is 0.839. The van der Waals surface area contributed by atoms with Crippen molar-refractivity contribution in [3.63, 3.8) is 0 Å². The molecule has 0 saturated carbocycles. The lowest BCUT2D eigenvalue weighted by atomic mass is 10.1. The second kappa shape index (κ2) is 4.30. The van der Waals surface area contributed by atoms with Gasteiger partial charge in [0.25, 0.3) is 0 Å². The molecular formula is C14H19NO. The van der Waals surface area contributed by atoms with E-state index in [1.165, 1.54) is 16.5 Å². The highest BCUT2D eigenvalue weighted by Crippen LogP contribution is 2.25. The molecular weight excluding hydrogens is 198 g/mol. The van der Waals surface area contributed by atoms with Crippen LogP contribution >= 0.6 is 0 Å². The molecule has 0 amide bonds. The third-order valence-corrected chi connectivity index (χ3v) is 2.89. The average Bonchev–Trinajstić information content (AvgIpc) is 2.57. The zero-order valence-corrected chi connectivity index (χ0v) is 10.1. The van der Waals surface area contributed by atoms with Gasteiger partial charge in [-0.2, -0.15) is 0 Å². The summed E-state index contributed by atoms with van der Waals surface area (Å²) in [5, 5.41) is 10.8. The van der Waals surface area contributed by atoms with Crippen LogP contribution in [0.3, 0.4) is 0 Å². The fourth-order valence-electron chi connectivity index (χ4n) is 2.19. The minimum atomic E-state index is -0.286. The SMILES string of the molecule is CC(O)Cc1cn(C(C)C)c2ccccc12. The van der Waals surface area contributed by atoms with E-state index in [-0.39, 0.29) is 6.10 Å². The van der Waals surface area contributed by atoms with Crippen LogP contribution in [0.1, 0.15) is 32.4 Å². The van der Waals surface area contributed by atoms with Crippen LogP contribution in [0, 0.1) is 0 Å². The maximum absolute atomic E-state index is 9.50. The molecule has 0 radical (unpaired) electrons. The molecule has 1 heterocycles. The summed E-state index contributed by atoms with van der Waals surface area (Å²) in [6, 6.07) is 8.84. The zero-order valence-electron chi connectivity index (χ0n) is 10.1. The van der Waals surface area contributed by atoms with Gasteiger partial charge in [-0.05, 0) is 32.4 Å². The van der Waals surface area contributed by atoms with Crippen molar-refractivity contribution in [3.8, 4) is 0 Å². The zero-order chi connectivity index (χ0) is 11.7. The lowest BCUT2D eigenvalue weighted by Crippen LogP contribution is -2.03. The van der Waals surface area contributed by atoms with E-state index in [1.807, 2.05) is 6.92 Å². The first-order valence-electron chi connectivity index (χ1n) is 5.86.